The number of aliphatic carboxylic acids is 1. The van der Waals surface area contributed by atoms with Crippen LogP contribution in [0.3, 0.4) is 0 Å². The topological polar surface area (TPSA) is 73.6 Å². The first-order valence-corrected chi connectivity index (χ1v) is 7.64. The first-order valence-electron chi connectivity index (χ1n) is 6.41. The van der Waals surface area contributed by atoms with Gasteiger partial charge >= 0.3 is 0 Å². The average molecular weight is 324 g/mol. The van der Waals surface area contributed by atoms with Crippen LogP contribution in [-0.4, -0.2) is 27.1 Å². The van der Waals surface area contributed by atoms with Crippen molar-refractivity contribution in [3.63, 3.8) is 0 Å². The quantitative estimate of drug-likeness (QED) is 0.605. The molecule has 1 aromatic rings. The van der Waals surface area contributed by atoms with Crippen molar-refractivity contribution in [1.82, 2.24) is 4.90 Å². The summed E-state index contributed by atoms with van der Waals surface area (Å²) in [5, 5.41) is 11.3. The predicted octanol–water partition coefficient (Wildman–Crippen LogP) is 1.65. The summed E-state index contributed by atoms with van der Waals surface area (Å²) in [4.78, 5) is 25.2. The van der Waals surface area contributed by atoms with Crippen molar-refractivity contribution in [1.29, 1.82) is 0 Å². The van der Waals surface area contributed by atoms with Crippen molar-refractivity contribution in [2.45, 2.75) is 26.3 Å². The van der Waals surface area contributed by atoms with Gasteiger partial charge in [0, 0.05) is 6.08 Å². The van der Waals surface area contributed by atoms with Crippen LogP contribution in [0.15, 0.2) is 27.7 Å². The fourth-order valence-electron chi connectivity index (χ4n) is 2.00. The molecule has 0 saturated carbocycles. The Bertz CT molecular complexity index is 592. The van der Waals surface area contributed by atoms with Gasteiger partial charge in [-0.25, -0.2) is 0 Å². The van der Waals surface area contributed by atoms with Gasteiger partial charge in [-0.2, -0.15) is 0 Å². The Balaban J connectivity index is 2.27. The van der Waals surface area contributed by atoms with E-state index in [1.807, 2.05) is 13.8 Å². The highest BCUT2D eigenvalue weighted by atomic mass is 32.2. The molecule has 1 aliphatic rings. The fraction of sp³-hybridized carbons (Fsp3) is 0.357. The van der Waals surface area contributed by atoms with Crippen molar-refractivity contribution >= 4 is 46.3 Å². The molecule has 1 saturated heterocycles. The first-order chi connectivity index (χ1) is 9.90. The van der Waals surface area contributed by atoms with Crippen LogP contribution in [-0.2, 0) is 9.59 Å². The Morgan fingerprint density at radius 2 is 2.29 bits per heavy atom. The molecule has 0 aliphatic carbocycles. The molecule has 21 heavy (non-hydrogen) atoms. The third-order valence-electron chi connectivity index (χ3n) is 2.92. The van der Waals surface area contributed by atoms with E-state index >= 15 is 0 Å². The summed E-state index contributed by atoms with van der Waals surface area (Å²) in [6.45, 7) is 3.76. The molecule has 1 aliphatic heterocycles. The van der Waals surface area contributed by atoms with Crippen LogP contribution in [0.5, 0.6) is 0 Å². The van der Waals surface area contributed by atoms with Crippen LogP contribution < -0.4 is 5.11 Å². The van der Waals surface area contributed by atoms with E-state index in [2.05, 4.69) is 0 Å². The van der Waals surface area contributed by atoms with Gasteiger partial charge in [0.15, 0.2) is 0 Å². The molecule has 1 atom stereocenters. The van der Waals surface area contributed by atoms with E-state index in [0.29, 0.717) is 17.1 Å². The van der Waals surface area contributed by atoms with Crippen LogP contribution in [0.1, 0.15) is 26.0 Å². The lowest BCUT2D eigenvalue weighted by molar-refractivity contribution is -0.310. The van der Waals surface area contributed by atoms with Crippen molar-refractivity contribution in [3.05, 3.63) is 29.1 Å². The van der Waals surface area contributed by atoms with Crippen molar-refractivity contribution in [2.24, 2.45) is 5.92 Å². The molecule has 0 aromatic carbocycles. The number of rotatable bonds is 5. The molecule has 1 aromatic heterocycles. The maximum Gasteiger partial charge on any atom is 0.266 e. The van der Waals surface area contributed by atoms with Gasteiger partial charge in [0.1, 0.15) is 10.1 Å². The molecule has 2 heterocycles. The Morgan fingerprint density at radius 1 is 1.57 bits per heavy atom. The zero-order chi connectivity index (χ0) is 15.6. The second kappa shape index (κ2) is 6.44. The van der Waals surface area contributed by atoms with Crippen molar-refractivity contribution < 1.29 is 19.1 Å². The van der Waals surface area contributed by atoms with Crippen LogP contribution in [0.25, 0.3) is 6.08 Å². The maximum absolute atomic E-state index is 12.4. The minimum atomic E-state index is -1.29. The smallest absolute Gasteiger partial charge is 0.266 e. The van der Waals surface area contributed by atoms with Gasteiger partial charge in [0.05, 0.1) is 23.2 Å². The SMILES string of the molecule is CC(C)C[C@H](C(=O)[O-])N1C(=O)C(=Cc2ccco2)SC1=S. The second-order valence-electron chi connectivity index (χ2n) is 5.03. The molecule has 0 bridgehead atoms. The molecular formula is C14H14NO4S2-. The lowest BCUT2D eigenvalue weighted by Crippen LogP contribution is -2.50. The fourth-order valence-corrected chi connectivity index (χ4v) is 3.34. The number of hydrogen-bond donors (Lipinski definition) is 0. The van der Waals surface area contributed by atoms with Gasteiger partial charge in [-0.15, -0.1) is 0 Å². The maximum atomic E-state index is 12.4. The molecular weight excluding hydrogens is 310 g/mol. The van der Waals surface area contributed by atoms with Gasteiger partial charge in [-0.3, -0.25) is 9.69 Å². The summed E-state index contributed by atoms with van der Waals surface area (Å²) in [5.41, 5.74) is 0. The van der Waals surface area contributed by atoms with E-state index in [0.717, 1.165) is 16.7 Å². The van der Waals surface area contributed by atoms with Gasteiger partial charge in [0.2, 0.25) is 0 Å². The van der Waals surface area contributed by atoms with E-state index < -0.39 is 17.9 Å². The third-order valence-corrected chi connectivity index (χ3v) is 4.25. The molecule has 0 N–H and O–H groups in total. The molecule has 1 fully saturated rings. The largest absolute Gasteiger partial charge is 0.548 e. The molecule has 2 rings (SSSR count). The molecule has 5 nitrogen and oxygen atoms in total. The van der Waals surface area contributed by atoms with Gasteiger partial charge < -0.3 is 14.3 Å². The van der Waals surface area contributed by atoms with Crippen LogP contribution >= 0.6 is 24.0 Å². The monoisotopic (exact) mass is 324 g/mol. The molecule has 7 heteroatoms. The van der Waals surface area contributed by atoms with E-state index in [1.165, 1.54) is 6.26 Å². The summed E-state index contributed by atoms with van der Waals surface area (Å²) >= 11 is 6.21. The summed E-state index contributed by atoms with van der Waals surface area (Å²) in [6, 6.07) is 2.37. The van der Waals surface area contributed by atoms with Crippen LogP contribution in [0.2, 0.25) is 0 Å². The Labute approximate surface area is 132 Å². The zero-order valence-corrected chi connectivity index (χ0v) is 13.2. The third kappa shape index (κ3) is 3.54. The molecule has 0 spiro atoms. The molecule has 112 valence electrons. The lowest BCUT2D eigenvalue weighted by Gasteiger charge is -2.28. The van der Waals surface area contributed by atoms with Gasteiger partial charge in [0.25, 0.3) is 5.91 Å². The number of hydrogen-bond acceptors (Lipinski definition) is 6. The molecule has 0 radical (unpaired) electrons. The Kier molecular flexibility index (Phi) is 4.84. The molecule has 0 unspecified atom stereocenters. The highest BCUT2D eigenvalue weighted by Gasteiger charge is 2.38. The highest BCUT2D eigenvalue weighted by Crippen LogP contribution is 2.35. The molecule has 1 amide bonds. The van der Waals surface area contributed by atoms with E-state index in [-0.39, 0.29) is 10.2 Å². The number of thioether (sulfide) groups is 1. The van der Waals surface area contributed by atoms with Crippen molar-refractivity contribution in [2.75, 3.05) is 0 Å². The van der Waals surface area contributed by atoms with E-state index in [9.17, 15) is 14.7 Å². The Morgan fingerprint density at radius 3 is 2.81 bits per heavy atom. The predicted molar refractivity (Wildman–Crippen MR) is 82.0 cm³/mol. The second-order valence-corrected chi connectivity index (χ2v) is 6.71. The van der Waals surface area contributed by atoms with Crippen LogP contribution in [0.4, 0.5) is 0 Å². The normalized spacial score (nSPS) is 18.8. The van der Waals surface area contributed by atoms with Gasteiger partial charge in [-0.1, -0.05) is 37.8 Å². The van der Waals surface area contributed by atoms with E-state index in [1.54, 1.807) is 18.2 Å². The Hall–Kier alpha value is -1.60. The zero-order valence-electron chi connectivity index (χ0n) is 11.6. The lowest BCUT2D eigenvalue weighted by atomic mass is 10.0. The van der Waals surface area contributed by atoms with Gasteiger partial charge in [-0.05, 0) is 24.5 Å². The van der Waals surface area contributed by atoms with Crippen molar-refractivity contribution in [3.8, 4) is 0 Å². The highest BCUT2D eigenvalue weighted by molar-refractivity contribution is 8.26. The minimum absolute atomic E-state index is 0.103. The average Bonchev–Trinajstić information content (AvgIpc) is 2.97. The summed E-state index contributed by atoms with van der Waals surface area (Å²) in [7, 11) is 0. The first kappa shape index (κ1) is 15.8. The standard InChI is InChI=1S/C14H15NO4S2/c1-8(2)6-10(13(17)18)15-12(16)11(21-14(15)20)7-9-4-3-5-19-9/h3-5,7-8,10H,6H2,1-2H3,(H,17,18)/p-1/t10-/m1/s1. The summed E-state index contributed by atoms with van der Waals surface area (Å²) < 4.78 is 5.38. The van der Waals surface area contributed by atoms with E-state index in [4.69, 9.17) is 16.6 Å². The number of nitrogens with zero attached hydrogens (tertiary/aromatic N) is 1. The van der Waals surface area contributed by atoms with Crippen LogP contribution in [0, 0.1) is 5.92 Å². The minimum Gasteiger partial charge on any atom is -0.548 e. The number of carbonyl (C=O) groups is 2. The number of carboxylic acids is 1. The number of furan rings is 1. The number of carbonyl (C=O) groups excluding carboxylic acids is 2. The number of thiocarbonyl (C=S) groups is 1. The summed E-state index contributed by atoms with van der Waals surface area (Å²) in [5.74, 6) is -1.09. The number of carboxylic acid groups (broad SMARTS) is 1. The number of amides is 1. The summed E-state index contributed by atoms with van der Waals surface area (Å²) in [6.07, 6.45) is 3.35.